The van der Waals surface area contributed by atoms with Crippen LogP contribution in [0.5, 0.6) is 5.75 Å². The maximum Gasteiger partial charge on any atom is 0.254 e. The zero-order chi connectivity index (χ0) is 22.7. The Morgan fingerprint density at radius 2 is 2.12 bits per heavy atom. The van der Waals surface area contributed by atoms with Gasteiger partial charge in [0.2, 0.25) is 5.95 Å². The highest BCUT2D eigenvalue weighted by Crippen LogP contribution is 2.30. The second kappa shape index (κ2) is 9.28. The number of benzene rings is 1. The minimum Gasteiger partial charge on any atom is -0.492 e. The highest BCUT2D eigenvalue weighted by Gasteiger charge is 2.27. The van der Waals surface area contributed by atoms with Crippen LogP contribution in [0.3, 0.4) is 0 Å². The molecule has 0 saturated heterocycles. The minimum absolute atomic E-state index is 0.0846. The van der Waals surface area contributed by atoms with Gasteiger partial charge in [-0.1, -0.05) is 11.6 Å². The first-order valence-corrected chi connectivity index (χ1v) is 10.7. The normalized spacial score (nSPS) is 12.9. The summed E-state index contributed by atoms with van der Waals surface area (Å²) in [5.74, 6) is 1.14. The van der Waals surface area contributed by atoms with Gasteiger partial charge in [-0.05, 0) is 36.6 Å². The van der Waals surface area contributed by atoms with E-state index in [1.165, 1.54) is 6.20 Å². The number of carbonyl (C=O) groups is 1. The summed E-state index contributed by atoms with van der Waals surface area (Å²) < 4.78 is 7.50. The van der Waals surface area contributed by atoms with Crippen LogP contribution >= 0.6 is 11.6 Å². The van der Waals surface area contributed by atoms with Crippen LogP contribution in [-0.2, 0) is 19.5 Å². The van der Waals surface area contributed by atoms with Gasteiger partial charge in [-0.2, -0.15) is 5.26 Å². The van der Waals surface area contributed by atoms with Crippen LogP contribution in [0.1, 0.15) is 39.7 Å². The van der Waals surface area contributed by atoms with Gasteiger partial charge >= 0.3 is 0 Å². The Bertz CT molecular complexity index is 1200. The van der Waals surface area contributed by atoms with Crippen molar-refractivity contribution in [1.29, 1.82) is 5.26 Å². The topological polar surface area (TPSA) is 96.1 Å². The van der Waals surface area contributed by atoms with Gasteiger partial charge in [-0.3, -0.25) is 9.78 Å². The molecule has 0 bridgehead atoms. The van der Waals surface area contributed by atoms with E-state index in [-0.39, 0.29) is 5.91 Å². The Morgan fingerprint density at radius 1 is 1.28 bits per heavy atom. The van der Waals surface area contributed by atoms with Crippen molar-refractivity contribution in [2.24, 2.45) is 0 Å². The van der Waals surface area contributed by atoms with E-state index in [2.05, 4.69) is 21.4 Å². The third-order valence-electron chi connectivity index (χ3n) is 5.39. The van der Waals surface area contributed by atoms with Gasteiger partial charge in [-0.15, -0.1) is 0 Å². The van der Waals surface area contributed by atoms with E-state index in [1.54, 1.807) is 17.2 Å². The molecule has 0 aliphatic carbocycles. The highest BCUT2D eigenvalue weighted by molar-refractivity contribution is 6.32. The fraction of sp³-hybridized carbons (Fsp3) is 0.304. The zero-order valence-corrected chi connectivity index (χ0v) is 18.7. The molecule has 1 aliphatic rings. The molecule has 0 unspecified atom stereocenters. The number of imidazole rings is 1. The summed E-state index contributed by atoms with van der Waals surface area (Å²) in [6.07, 6.45) is 5.75. The summed E-state index contributed by atoms with van der Waals surface area (Å²) >= 11 is 6.55. The highest BCUT2D eigenvalue weighted by atomic mass is 35.5. The number of aromatic nitrogens is 3. The summed E-state index contributed by atoms with van der Waals surface area (Å²) in [5.41, 5.74) is 3.46. The van der Waals surface area contributed by atoms with E-state index in [1.807, 2.05) is 36.9 Å². The predicted octanol–water partition coefficient (Wildman–Crippen LogP) is 3.49. The van der Waals surface area contributed by atoms with Crippen molar-refractivity contribution in [3.63, 3.8) is 0 Å². The van der Waals surface area contributed by atoms with Crippen LogP contribution in [0.15, 0.2) is 36.8 Å². The molecular formula is C23H23ClN6O2. The van der Waals surface area contributed by atoms with Gasteiger partial charge in [0.05, 0.1) is 25.4 Å². The Balaban J connectivity index is 1.58. The number of nitriles is 1. The third-order valence-corrected chi connectivity index (χ3v) is 5.73. The van der Waals surface area contributed by atoms with Crippen molar-refractivity contribution in [3.05, 3.63) is 69.8 Å². The van der Waals surface area contributed by atoms with Gasteiger partial charge in [0.1, 0.15) is 17.4 Å². The third kappa shape index (κ3) is 4.25. The SMILES string of the molecule is CCOc1cc(CN2CCc3c(Cl)cc(Cn4ccnc4NC)cc3C2=O)ncc1C#N. The van der Waals surface area contributed by atoms with Crippen molar-refractivity contribution in [2.45, 2.75) is 26.4 Å². The van der Waals surface area contributed by atoms with E-state index >= 15 is 0 Å². The first kappa shape index (κ1) is 21.7. The lowest BCUT2D eigenvalue weighted by molar-refractivity contribution is 0.0724. The Morgan fingerprint density at radius 3 is 2.88 bits per heavy atom. The number of pyridine rings is 1. The molecule has 9 heteroatoms. The fourth-order valence-electron chi connectivity index (χ4n) is 3.88. The lowest BCUT2D eigenvalue weighted by atomic mass is 9.96. The standard InChI is InChI=1S/C23H23ClN6O2/c1-3-32-21-10-17(28-12-16(21)11-25)14-29-6-4-18-19(22(29)31)8-15(9-20(18)24)13-30-7-5-27-23(30)26-2/h5,7-10,12H,3-4,6,13-14H2,1-2H3,(H,26,27). The number of amides is 1. The van der Waals surface area contributed by atoms with Crippen molar-refractivity contribution in [1.82, 2.24) is 19.4 Å². The second-order valence-electron chi connectivity index (χ2n) is 7.43. The van der Waals surface area contributed by atoms with E-state index < -0.39 is 0 Å². The van der Waals surface area contributed by atoms with E-state index in [4.69, 9.17) is 16.3 Å². The van der Waals surface area contributed by atoms with Gasteiger partial charge in [0, 0.05) is 48.8 Å². The Labute approximate surface area is 191 Å². The molecule has 3 heterocycles. The minimum atomic E-state index is -0.0846. The van der Waals surface area contributed by atoms with Crippen LogP contribution < -0.4 is 10.1 Å². The maximum atomic E-state index is 13.3. The first-order chi connectivity index (χ1) is 15.5. The number of fused-ring (bicyclic) bond motifs is 1. The molecule has 0 spiro atoms. The summed E-state index contributed by atoms with van der Waals surface area (Å²) in [4.78, 5) is 23.7. The quantitative estimate of drug-likeness (QED) is 0.592. The zero-order valence-electron chi connectivity index (χ0n) is 17.9. The monoisotopic (exact) mass is 450 g/mol. The molecule has 1 aromatic carbocycles. The summed E-state index contributed by atoms with van der Waals surface area (Å²) in [5, 5.41) is 12.9. The maximum absolute atomic E-state index is 13.3. The van der Waals surface area contributed by atoms with Crippen molar-refractivity contribution >= 4 is 23.5 Å². The van der Waals surface area contributed by atoms with Crippen LogP contribution in [-0.4, -0.2) is 45.5 Å². The van der Waals surface area contributed by atoms with Crippen LogP contribution in [0.2, 0.25) is 5.02 Å². The van der Waals surface area contributed by atoms with Crippen LogP contribution in [0.4, 0.5) is 5.95 Å². The molecule has 32 heavy (non-hydrogen) atoms. The number of carbonyl (C=O) groups excluding carboxylic acids is 1. The summed E-state index contributed by atoms with van der Waals surface area (Å²) in [6, 6.07) is 7.63. The van der Waals surface area contributed by atoms with Crippen LogP contribution in [0, 0.1) is 11.3 Å². The van der Waals surface area contributed by atoms with Gasteiger partial charge < -0.3 is 19.5 Å². The van der Waals surface area contributed by atoms with Gasteiger partial charge in [0.15, 0.2) is 0 Å². The molecule has 0 fully saturated rings. The van der Waals surface area contributed by atoms with E-state index in [9.17, 15) is 10.1 Å². The average molecular weight is 451 g/mol. The lowest BCUT2D eigenvalue weighted by Gasteiger charge is -2.29. The van der Waals surface area contributed by atoms with Crippen molar-refractivity contribution in [3.8, 4) is 11.8 Å². The number of rotatable bonds is 7. The first-order valence-electron chi connectivity index (χ1n) is 10.3. The van der Waals surface area contributed by atoms with E-state index in [0.717, 1.165) is 17.1 Å². The molecule has 0 saturated carbocycles. The lowest BCUT2D eigenvalue weighted by Crippen LogP contribution is -2.37. The van der Waals surface area contributed by atoms with Crippen LogP contribution in [0.25, 0.3) is 0 Å². The number of halogens is 1. The molecule has 1 aliphatic heterocycles. The number of nitrogens with zero attached hydrogens (tertiary/aromatic N) is 5. The molecule has 1 N–H and O–H groups in total. The molecule has 0 radical (unpaired) electrons. The van der Waals surface area contributed by atoms with Crippen molar-refractivity contribution in [2.75, 3.05) is 25.5 Å². The molecule has 2 aromatic heterocycles. The molecule has 4 rings (SSSR count). The van der Waals surface area contributed by atoms with Crippen molar-refractivity contribution < 1.29 is 9.53 Å². The number of ether oxygens (including phenoxy) is 1. The molecule has 8 nitrogen and oxygen atoms in total. The second-order valence-corrected chi connectivity index (χ2v) is 7.83. The summed E-state index contributed by atoms with van der Waals surface area (Å²) in [7, 11) is 1.81. The molecule has 0 atom stereocenters. The summed E-state index contributed by atoms with van der Waals surface area (Å²) in [6.45, 7) is 3.73. The number of nitrogens with one attached hydrogen (secondary N) is 1. The smallest absolute Gasteiger partial charge is 0.254 e. The van der Waals surface area contributed by atoms with Gasteiger partial charge in [-0.25, -0.2) is 4.98 Å². The molecule has 164 valence electrons. The van der Waals surface area contributed by atoms with E-state index in [0.29, 0.717) is 60.3 Å². The predicted molar refractivity (Wildman–Crippen MR) is 121 cm³/mol. The number of hydrogen-bond acceptors (Lipinski definition) is 6. The molecule has 3 aromatic rings. The largest absolute Gasteiger partial charge is 0.492 e. The number of hydrogen-bond donors (Lipinski definition) is 1. The average Bonchev–Trinajstić information content (AvgIpc) is 3.23. The number of anilines is 1. The molecule has 1 amide bonds. The Hall–Kier alpha value is -3.57. The Kier molecular flexibility index (Phi) is 6.28. The van der Waals surface area contributed by atoms with Gasteiger partial charge in [0.25, 0.3) is 5.91 Å². The fourth-order valence-corrected chi connectivity index (χ4v) is 4.21. The molecular weight excluding hydrogens is 428 g/mol.